The number of alkyl halides is 3. The van der Waals surface area contributed by atoms with E-state index in [0.29, 0.717) is 23.4 Å². The second kappa shape index (κ2) is 6.18. The number of hydrogen-bond donors (Lipinski definition) is 0. The van der Waals surface area contributed by atoms with Crippen LogP contribution in [0.2, 0.25) is 0 Å². The number of nitrogens with zero attached hydrogens (tertiary/aromatic N) is 7. The molecule has 0 radical (unpaired) electrons. The van der Waals surface area contributed by atoms with E-state index in [9.17, 15) is 18.0 Å². The van der Waals surface area contributed by atoms with Crippen molar-refractivity contribution in [1.82, 2.24) is 24.7 Å². The molecule has 4 heterocycles. The van der Waals surface area contributed by atoms with E-state index in [2.05, 4.69) is 20.1 Å². The van der Waals surface area contributed by atoms with E-state index in [-0.39, 0.29) is 24.7 Å². The normalized spacial score (nSPS) is 15.6. The Balaban J connectivity index is 1.59. The first-order valence-corrected chi connectivity index (χ1v) is 8.06. The molecule has 3 aromatic rings. The lowest BCUT2D eigenvalue weighted by Crippen LogP contribution is -2.51. The Labute approximate surface area is 151 Å². The number of piperazine rings is 1. The molecule has 8 nitrogen and oxygen atoms in total. The van der Waals surface area contributed by atoms with Crippen LogP contribution in [0.1, 0.15) is 5.69 Å². The Morgan fingerprint density at radius 3 is 2.70 bits per heavy atom. The Morgan fingerprint density at radius 2 is 1.96 bits per heavy atom. The molecule has 0 saturated carbocycles. The molecule has 0 spiro atoms. The molecule has 1 aliphatic heterocycles. The smallest absolute Gasteiger partial charge is 0.345 e. The highest BCUT2D eigenvalue weighted by Gasteiger charge is 2.34. The van der Waals surface area contributed by atoms with Gasteiger partial charge in [-0.3, -0.25) is 14.5 Å². The molecule has 0 aromatic carbocycles. The topological polar surface area (TPSA) is 80.0 Å². The maximum Gasteiger partial charge on any atom is 0.433 e. The van der Waals surface area contributed by atoms with Gasteiger partial charge in [-0.1, -0.05) is 0 Å². The van der Waals surface area contributed by atoms with Crippen molar-refractivity contribution in [2.45, 2.75) is 6.18 Å². The molecule has 1 saturated heterocycles. The van der Waals surface area contributed by atoms with Crippen molar-refractivity contribution < 1.29 is 18.0 Å². The van der Waals surface area contributed by atoms with E-state index in [1.54, 1.807) is 22.8 Å². The van der Waals surface area contributed by atoms with Gasteiger partial charge < -0.3 is 9.80 Å². The quantitative estimate of drug-likeness (QED) is 0.675. The number of anilines is 2. The van der Waals surface area contributed by atoms with E-state index < -0.39 is 11.9 Å². The van der Waals surface area contributed by atoms with Crippen LogP contribution in [-0.2, 0) is 18.0 Å². The summed E-state index contributed by atoms with van der Waals surface area (Å²) < 4.78 is 40.2. The van der Waals surface area contributed by atoms with Crippen molar-refractivity contribution in [1.29, 1.82) is 0 Å². The number of fused-ring (bicyclic) bond motifs is 1. The number of carbonyl (C=O) groups is 1. The van der Waals surface area contributed by atoms with Crippen LogP contribution in [0.3, 0.4) is 0 Å². The van der Waals surface area contributed by atoms with Gasteiger partial charge >= 0.3 is 6.18 Å². The lowest BCUT2D eigenvalue weighted by Gasteiger charge is -2.35. The summed E-state index contributed by atoms with van der Waals surface area (Å²) in [6, 6.07) is 2.28. The molecule has 0 unspecified atom stereocenters. The van der Waals surface area contributed by atoms with Gasteiger partial charge in [-0.2, -0.15) is 18.3 Å². The number of carbonyl (C=O) groups excluding carboxylic acids is 1. The van der Waals surface area contributed by atoms with Crippen LogP contribution >= 0.6 is 0 Å². The number of pyridine rings is 1. The minimum atomic E-state index is -4.56. The fraction of sp³-hybridized carbons (Fsp3) is 0.312. The molecular formula is C16H14F3N7O. The third-order valence-electron chi connectivity index (χ3n) is 4.37. The van der Waals surface area contributed by atoms with Crippen LogP contribution in [-0.4, -0.2) is 50.3 Å². The van der Waals surface area contributed by atoms with Gasteiger partial charge in [-0.15, -0.1) is 0 Å². The molecule has 4 rings (SSSR count). The zero-order valence-corrected chi connectivity index (χ0v) is 14.2. The standard InChI is InChI=1S/C16H14F3N7O/c1-24-14-11(7-23-24)15(22-9-21-14)25-4-5-26(13(27)8-25)10-2-3-20-12(6-10)16(17,18)19/h2-3,6-7,9H,4-5,8H2,1H3. The molecule has 11 heteroatoms. The predicted molar refractivity (Wildman–Crippen MR) is 90.1 cm³/mol. The summed E-state index contributed by atoms with van der Waals surface area (Å²) in [6.07, 6.45) is -0.482. The Kier molecular flexibility index (Phi) is 3.93. The third kappa shape index (κ3) is 3.04. The summed E-state index contributed by atoms with van der Waals surface area (Å²) in [4.78, 5) is 27.5. The van der Waals surface area contributed by atoms with Crippen LogP contribution in [0.15, 0.2) is 30.9 Å². The monoisotopic (exact) mass is 377 g/mol. The summed E-state index contributed by atoms with van der Waals surface area (Å²) in [5.41, 5.74) is -0.210. The van der Waals surface area contributed by atoms with Crippen molar-refractivity contribution in [2.75, 3.05) is 29.4 Å². The van der Waals surface area contributed by atoms with E-state index in [4.69, 9.17) is 0 Å². The Morgan fingerprint density at radius 1 is 1.15 bits per heavy atom. The number of halogens is 3. The number of rotatable bonds is 2. The minimum absolute atomic E-state index is 0.00924. The Bertz CT molecular complexity index is 1020. The van der Waals surface area contributed by atoms with Crippen LogP contribution in [0.4, 0.5) is 24.7 Å². The first-order chi connectivity index (χ1) is 12.8. The molecular weight excluding hydrogens is 363 g/mol. The predicted octanol–water partition coefficient (Wildman–Crippen LogP) is 1.63. The highest BCUT2D eigenvalue weighted by atomic mass is 19.4. The number of amides is 1. The maximum absolute atomic E-state index is 12.9. The summed E-state index contributed by atoms with van der Waals surface area (Å²) >= 11 is 0. The largest absolute Gasteiger partial charge is 0.433 e. The van der Waals surface area contributed by atoms with Gasteiger partial charge in [0, 0.05) is 32.0 Å². The van der Waals surface area contributed by atoms with Crippen LogP contribution < -0.4 is 9.80 Å². The molecule has 140 valence electrons. The third-order valence-corrected chi connectivity index (χ3v) is 4.37. The van der Waals surface area contributed by atoms with E-state index in [1.165, 1.54) is 17.3 Å². The van der Waals surface area contributed by atoms with Crippen LogP contribution in [0.5, 0.6) is 0 Å². The highest BCUT2D eigenvalue weighted by Crippen LogP contribution is 2.31. The van der Waals surface area contributed by atoms with E-state index in [1.807, 2.05) is 0 Å². The first kappa shape index (κ1) is 17.2. The van der Waals surface area contributed by atoms with Crippen molar-refractivity contribution in [3.05, 3.63) is 36.5 Å². The van der Waals surface area contributed by atoms with Gasteiger partial charge in [0.25, 0.3) is 0 Å². The van der Waals surface area contributed by atoms with Crippen molar-refractivity contribution in [3.8, 4) is 0 Å². The van der Waals surface area contributed by atoms with Gasteiger partial charge in [-0.25, -0.2) is 9.97 Å². The molecule has 0 aliphatic carbocycles. The minimum Gasteiger partial charge on any atom is -0.345 e. The van der Waals surface area contributed by atoms with Gasteiger partial charge in [0.15, 0.2) is 5.65 Å². The molecule has 27 heavy (non-hydrogen) atoms. The van der Waals surface area contributed by atoms with Gasteiger partial charge in [-0.05, 0) is 12.1 Å². The summed E-state index contributed by atoms with van der Waals surface area (Å²) in [7, 11) is 1.75. The molecule has 0 N–H and O–H groups in total. The summed E-state index contributed by atoms with van der Waals surface area (Å²) in [5.74, 6) is 0.253. The maximum atomic E-state index is 12.9. The zero-order chi connectivity index (χ0) is 19.2. The second-order valence-corrected chi connectivity index (χ2v) is 6.07. The van der Waals surface area contributed by atoms with Crippen molar-refractivity contribution in [3.63, 3.8) is 0 Å². The fourth-order valence-electron chi connectivity index (χ4n) is 3.07. The number of hydrogen-bond acceptors (Lipinski definition) is 6. The molecule has 3 aromatic heterocycles. The van der Waals surface area contributed by atoms with Gasteiger partial charge in [0.05, 0.1) is 18.1 Å². The first-order valence-electron chi connectivity index (χ1n) is 8.06. The average molecular weight is 377 g/mol. The second-order valence-electron chi connectivity index (χ2n) is 6.07. The molecule has 1 aliphatic rings. The zero-order valence-electron chi connectivity index (χ0n) is 14.2. The van der Waals surface area contributed by atoms with E-state index >= 15 is 0 Å². The number of aryl methyl sites for hydroxylation is 1. The highest BCUT2D eigenvalue weighted by molar-refractivity contribution is 5.99. The molecule has 0 atom stereocenters. The number of aromatic nitrogens is 5. The fourth-order valence-corrected chi connectivity index (χ4v) is 3.07. The van der Waals surface area contributed by atoms with Crippen molar-refractivity contribution >= 4 is 28.4 Å². The van der Waals surface area contributed by atoms with Crippen LogP contribution in [0, 0.1) is 0 Å². The molecule has 0 bridgehead atoms. The molecule has 1 amide bonds. The molecule has 1 fully saturated rings. The average Bonchev–Trinajstić information content (AvgIpc) is 3.02. The van der Waals surface area contributed by atoms with E-state index in [0.717, 1.165) is 12.3 Å². The van der Waals surface area contributed by atoms with Crippen molar-refractivity contribution in [2.24, 2.45) is 7.05 Å². The SMILES string of the molecule is Cn1ncc2c(N3CCN(c4ccnc(C(F)(F)F)c4)C(=O)C3)ncnc21. The van der Waals surface area contributed by atoms with Crippen LogP contribution in [0.25, 0.3) is 11.0 Å². The Hall–Kier alpha value is -3.24. The summed E-state index contributed by atoms with van der Waals surface area (Å²) in [6.45, 7) is 0.632. The summed E-state index contributed by atoms with van der Waals surface area (Å²) in [5, 5.41) is 4.86. The lowest BCUT2D eigenvalue weighted by molar-refractivity contribution is -0.141. The van der Waals surface area contributed by atoms with Gasteiger partial charge in [0.2, 0.25) is 5.91 Å². The lowest BCUT2D eigenvalue weighted by atomic mass is 10.2. The van der Waals surface area contributed by atoms with Gasteiger partial charge in [0.1, 0.15) is 17.8 Å².